The van der Waals surface area contributed by atoms with Crippen molar-refractivity contribution in [1.29, 1.82) is 0 Å². The van der Waals surface area contributed by atoms with Gasteiger partial charge < -0.3 is 10.0 Å². The molecule has 4 nitrogen and oxygen atoms in total. The second-order valence-electron chi connectivity index (χ2n) is 6.50. The number of halogens is 1. The minimum Gasteiger partial charge on any atom is -0.481 e. The second kappa shape index (κ2) is 7.82. The highest BCUT2D eigenvalue weighted by atomic mass is 35.5. The third kappa shape index (κ3) is 4.47. The molecular weight excluding hydrogens is 314 g/mol. The van der Waals surface area contributed by atoms with Crippen LogP contribution in [0.15, 0.2) is 24.3 Å². The van der Waals surface area contributed by atoms with Crippen LogP contribution in [-0.4, -0.2) is 35.0 Å². The van der Waals surface area contributed by atoms with E-state index in [2.05, 4.69) is 13.8 Å². The van der Waals surface area contributed by atoms with Crippen molar-refractivity contribution < 1.29 is 14.7 Å². The number of carboxylic acid groups (broad SMARTS) is 1. The summed E-state index contributed by atoms with van der Waals surface area (Å²) in [5, 5.41) is 10.1. The topological polar surface area (TPSA) is 57.6 Å². The number of rotatable bonds is 6. The Labute approximate surface area is 142 Å². The SMILES string of the molecule is CCCC(C)CC(=O)N1C[C@@H](C(=O)O)[C@H](c2ccc(Cl)cc2)C1. The van der Waals surface area contributed by atoms with E-state index in [-0.39, 0.29) is 11.8 Å². The minimum atomic E-state index is -0.846. The fourth-order valence-corrected chi connectivity index (χ4v) is 3.45. The average Bonchev–Trinajstić information content (AvgIpc) is 2.93. The van der Waals surface area contributed by atoms with Crippen LogP contribution in [0.25, 0.3) is 0 Å². The van der Waals surface area contributed by atoms with Gasteiger partial charge in [0.05, 0.1) is 5.92 Å². The van der Waals surface area contributed by atoms with Gasteiger partial charge in [-0.3, -0.25) is 9.59 Å². The molecule has 23 heavy (non-hydrogen) atoms. The predicted octanol–water partition coefficient (Wildman–Crippen LogP) is 3.79. The van der Waals surface area contributed by atoms with Crippen LogP contribution in [-0.2, 0) is 9.59 Å². The molecule has 0 spiro atoms. The van der Waals surface area contributed by atoms with Crippen molar-refractivity contribution in [3.8, 4) is 0 Å². The molecule has 1 heterocycles. The van der Waals surface area contributed by atoms with Crippen molar-refractivity contribution in [1.82, 2.24) is 4.90 Å². The maximum absolute atomic E-state index is 12.4. The highest BCUT2D eigenvalue weighted by Gasteiger charge is 2.40. The monoisotopic (exact) mass is 337 g/mol. The molecule has 0 radical (unpaired) electrons. The first-order valence-electron chi connectivity index (χ1n) is 8.18. The van der Waals surface area contributed by atoms with Gasteiger partial charge in [0.25, 0.3) is 0 Å². The molecule has 1 amide bonds. The van der Waals surface area contributed by atoms with Crippen molar-refractivity contribution in [3.63, 3.8) is 0 Å². The molecule has 0 saturated carbocycles. The lowest BCUT2D eigenvalue weighted by Gasteiger charge is -2.19. The third-order valence-corrected chi connectivity index (χ3v) is 4.84. The summed E-state index contributed by atoms with van der Waals surface area (Å²) in [5.74, 6) is -1.17. The molecule has 1 aliphatic heterocycles. The molecule has 5 heteroatoms. The number of carbonyl (C=O) groups is 2. The largest absolute Gasteiger partial charge is 0.481 e. The minimum absolute atomic E-state index is 0.0636. The van der Waals surface area contributed by atoms with Crippen molar-refractivity contribution in [2.24, 2.45) is 11.8 Å². The van der Waals surface area contributed by atoms with E-state index in [1.54, 1.807) is 17.0 Å². The summed E-state index contributed by atoms with van der Waals surface area (Å²) in [4.78, 5) is 25.7. The molecule has 1 aromatic carbocycles. The van der Waals surface area contributed by atoms with Crippen LogP contribution in [0.3, 0.4) is 0 Å². The van der Waals surface area contributed by atoms with Crippen LogP contribution >= 0.6 is 11.6 Å². The molecule has 0 aliphatic carbocycles. The van der Waals surface area contributed by atoms with Crippen molar-refractivity contribution >= 4 is 23.5 Å². The zero-order chi connectivity index (χ0) is 17.0. The number of benzene rings is 1. The Morgan fingerprint density at radius 1 is 1.30 bits per heavy atom. The summed E-state index contributed by atoms with van der Waals surface area (Å²) in [6.07, 6.45) is 2.57. The standard InChI is InChI=1S/C18H24ClNO3/c1-3-4-12(2)9-17(21)20-10-15(16(11-20)18(22)23)13-5-7-14(19)8-6-13/h5-8,12,15-16H,3-4,9-11H2,1-2H3,(H,22,23)/t12?,15-,16+/m0/s1. The first kappa shape index (κ1) is 17.8. The van der Waals surface area contributed by atoms with Gasteiger partial charge in [-0.05, 0) is 23.6 Å². The molecule has 1 aliphatic rings. The Hall–Kier alpha value is -1.55. The van der Waals surface area contributed by atoms with Gasteiger partial charge >= 0.3 is 5.97 Å². The van der Waals surface area contributed by atoms with Crippen LogP contribution in [0, 0.1) is 11.8 Å². The quantitative estimate of drug-likeness (QED) is 0.859. The Morgan fingerprint density at radius 3 is 2.52 bits per heavy atom. The fraction of sp³-hybridized carbons (Fsp3) is 0.556. The van der Waals surface area contributed by atoms with E-state index in [1.807, 2.05) is 12.1 Å². The lowest BCUT2D eigenvalue weighted by molar-refractivity contribution is -0.141. The molecule has 1 aromatic rings. The summed E-state index contributed by atoms with van der Waals surface area (Å²) in [6.45, 7) is 4.94. The van der Waals surface area contributed by atoms with E-state index in [1.165, 1.54) is 0 Å². The van der Waals surface area contributed by atoms with Gasteiger partial charge in [0.1, 0.15) is 0 Å². The van der Waals surface area contributed by atoms with Gasteiger partial charge in [0.2, 0.25) is 5.91 Å². The molecule has 126 valence electrons. The Balaban J connectivity index is 2.10. The van der Waals surface area contributed by atoms with E-state index in [0.29, 0.717) is 30.5 Å². The second-order valence-corrected chi connectivity index (χ2v) is 6.94. The third-order valence-electron chi connectivity index (χ3n) is 4.59. The average molecular weight is 338 g/mol. The summed E-state index contributed by atoms with van der Waals surface area (Å²) < 4.78 is 0. The molecule has 1 unspecified atom stereocenters. The van der Waals surface area contributed by atoms with Crippen molar-refractivity contribution in [3.05, 3.63) is 34.9 Å². The molecule has 1 fully saturated rings. The van der Waals surface area contributed by atoms with E-state index in [9.17, 15) is 14.7 Å². The van der Waals surface area contributed by atoms with Gasteiger partial charge in [-0.15, -0.1) is 0 Å². The number of hydrogen-bond donors (Lipinski definition) is 1. The zero-order valence-electron chi connectivity index (χ0n) is 13.7. The van der Waals surface area contributed by atoms with Crippen LogP contribution in [0.4, 0.5) is 0 Å². The number of likely N-dealkylation sites (tertiary alicyclic amines) is 1. The molecule has 0 bridgehead atoms. The van der Waals surface area contributed by atoms with Crippen LogP contribution in [0.1, 0.15) is 44.6 Å². The van der Waals surface area contributed by atoms with Crippen LogP contribution < -0.4 is 0 Å². The fourth-order valence-electron chi connectivity index (χ4n) is 3.33. The van der Waals surface area contributed by atoms with Gasteiger partial charge in [-0.25, -0.2) is 0 Å². The molecule has 1 N–H and O–H groups in total. The van der Waals surface area contributed by atoms with Gasteiger partial charge in [-0.1, -0.05) is 50.4 Å². The van der Waals surface area contributed by atoms with Gasteiger partial charge in [0.15, 0.2) is 0 Å². The zero-order valence-corrected chi connectivity index (χ0v) is 14.4. The first-order valence-corrected chi connectivity index (χ1v) is 8.56. The van der Waals surface area contributed by atoms with E-state index in [0.717, 1.165) is 18.4 Å². The van der Waals surface area contributed by atoms with E-state index >= 15 is 0 Å². The number of nitrogens with zero attached hydrogens (tertiary/aromatic N) is 1. The first-order chi connectivity index (χ1) is 10.9. The summed E-state index contributed by atoms with van der Waals surface area (Å²) >= 11 is 5.90. The Morgan fingerprint density at radius 2 is 1.96 bits per heavy atom. The number of hydrogen-bond acceptors (Lipinski definition) is 2. The summed E-state index contributed by atoms with van der Waals surface area (Å²) in [7, 11) is 0. The predicted molar refractivity (Wildman–Crippen MR) is 90.6 cm³/mol. The molecule has 1 saturated heterocycles. The van der Waals surface area contributed by atoms with E-state index in [4.69, 9.17) is 11.6 Å². The van der Waals surface area contributed by atoms with E-state index < -0.39 is 11.9 Å². The number of carboxylic acids is 1. The number of aliphatic carboxylic acids is 1. The maximum atomic E-state index is 12.4. The number of carbonyl (C=O) groups excluding carboxylic acids is 1. The molecular formula is C18H24ClNO3. The highest BCUT2D eigenvalue weighted by molar-refractivity contribution is 6.30. The lowest BCUT2D eigenvalue weighted by Crippen LogP contribution is -2.30. The highest BCUT2D eigenvalue weighted by Crippen LogP contribution is 2.34. The van der Waals surface area contributed by atoms with Crippen molar-refractivity contribution in [2.75, 3.05) is 13.1 Å². The van der Waals surface area contributed by atoms with Gasteiger partial charge in [0, 0.05) is 30.5 Å². The van der Waals surface area contributed by atoms with Crippen LogP contribution in [0.5, 0.6) is 0 Å². The van der Waals surface area contributed by atoms with Crippen LogP contribution in [0.2, 0.25) is 5.02 Å². The lowest BCUT2D eigenvalue weighted by atomic mass is 9.89. The molecule has 3 atom stereocenters. The normalized spacial score (nSPS) is 22.1. The Kier molecular flexibility index (Phi) is 6.05. The van der Waals surface area contributed by atoms with Crippen molar-refractivity contribution in [2.45, 2.75) is 39.0 Å². The smallest absolute Gasteiger partial charge is 0.308 e. The summed E-state index contributed by atoms with van der Waals surface area (Å²) in [6, 6.07) is 7.25. The Bertz CT molecular complexity index is 558. The van der Waals surface area contributed by atoms with Gasteiger partial charge in [-0.2, -0.15) is 0 Å². The molecule has 0 aromatic heterocycles. The maximum Gasteiger partial charge on any atom is 0.308 e. The summed E-state index contributed by atoms with van der Waals surface area (Å²) in [5.41, 5.74) is 0.929. The molecule has 2 rings (SSSR count). The number of amides is 1.